The minimum atomic E-state index is -0.311. The molecule has 2 fully saturated rings. The summed E-state index contributed by atoms with van der Waals surface area (Å²) in [6.45, 7) is 0. The van der Waals surface area contributed by atoms with Crippen molar-refractivity contribution in [1.82, 2.24) is 4.57 Å². The number of fused-ring (bicyclic) bond motifs is 5. The van der Waals surface area contributed by atoms with Gasteiger partial charge in [0, 0.05) is 13.2 Å². The van der Waals surface area contributed by atoms with E-state index in [-0.39, 0.29) is 46.7 Å². The Kier molecular flexibility index (Phi) is 2.14. The first-order chi connectivity index (χ1) is 9.59. The molecule has 0 N–H and O–H groups in total. The van der Waals surface area contributed by atoms with E-state index in [1.165, 1.54) is 4.57 Å². The molecule has 20 heavy (non-hydrogen) atoms. The van der Waals surface area contributed by atoms with E-state index in [9.17, 15) is 14.4 Å². The lowest BCUT2D eigenvalue weighted by Gasteiger charge is -2.16. The monoisotopic (exact) mass is 270 g/mol. The molecule has 0 aromatic carbocycles. The highest BCUT2D eigenvalue weighted by atomic mass is 16.2. The third kappa shape index (κ3) is 1.25. The zero-order chi connectivity index (χ0) is 14.0. The number of allylic oxidation sites excluding steroid dienone is 2. The van der Waals surface area contributed by atoms with Crippen molar-refractivity contribution in [2.75, 3.05) is 4.90 Å². The van der Waals surface area contributed by atoms with Gasteiger partial charge in [-0.1, -0.05) is 12.2 Å². The van der Waals surface area contributed by atoms with Crippen LogP contribution in [0.1, 0.15) is 6.42 Å². The van der Waals surface area contributed by atoms with Gasteiger partial charge in [0.15, 0.2) is 0 Å². The van der Waals surface area contributed by atoms with Crippen molar-refractivity contribution >= 4 is 17.5 Å². The number of hydrogen-bond donors (Lipinski definition) is 0. The fraction of sp³-hybridized carbons (Fsp3) is 0.400. The van der Waals surface area contributed by atoms with Gasteiger partial charge in [-0.15, -0.1) is 0 Å². The molecule has 2 heterocycles. The van der Waals surface area contributed by atoms with E-state index in [1.54, 1.807) is 25.4 Å². The van der Waals surface area contributed by atoms with Gasteiger partial charge in [-0.05, 0) is 30.4 Å². The number of anilines is 1. The summed E-state index contributed by atoms with van der Waals surface area (Å²) < 4.78 is 1.39. The molecule has 2 aliphatic carbocycles. The maximum absolute atomic E-state index is 12.6. The molecule has 3 aliphatic rings. The molecule has 2 amide bonds. The van der Waals surface area contributed by atoms with Gasteiger partial charge in [-0.25, -0.2) is 4.90 Å². The summed E-state index contributed by atoms with van der Waals surface area (Å²) in [5.41, 5.74) is -0.131. The van der Waals surface area contributed by atoms with Crippen LogP contribution < -0.4 is 10.5 Å². The Hall–Kier alpha value is -2.17. The number of amides is 2. The first-order valence-corrected chi connectivity index (χ1v) is 6.81. The highest BCUT2D eigenvalue weighted by Gasteiger charge is 2.59. The average Bonchev–Trinajstić information content (AvgIpc) is 3.09. The van der Waals surface area contributed by atoms with Gasteiger partial charge in [0.1, 0.15) is 5.69 Å². The van der Waals surface area contributed by atoms with Crippen LogP contribution in [0.2, 0.25) is 0 Å². The molecule has 1 saturated carbocycles. The summed E-state index contributed by atoms with van der Waals surface area (Å²) in [7, 11) is 1.61. The lowest BCUT2D eigenvalue weighted by molar-refractivity contribution is -0.123. The van der Waals surface area contributed by atoms with Crippen molar-refractivity contribution in [3.8, 4) is 0 Å². The highest BCUT2D eigenvalue weighted by Crippen LogP contribution is 2.52. The molecule has 4 rings (SSSR count). The standard InChI is InChI=1S/C15H14N2O3/c1-16-6-2-3-10(13(16)18)17-14(19)11-8-4-5-9(7-8)12(11)15(17)20/h2-6,8-9,11-12H,7H2,1H3/t8-,9+,11-,12+. The summed E-state index contributed by atoms with van der Waals surface area (Å²) in [6, 6.07) is 3.23. The second-order valence-corrected chi connectivity index (χ2v) is 5.82. The number of carbonyl (C=O) groups is 2. The second-order valence-electron chi connectivity index (χ2n) is 5.82. The maximum atomic E-state index is 12.6. The number of carbonyl (C=O) groups excluding carboxylic acids is 2. The van der Waals surface area contributed by atoms with Gasteiger partial charge >= 0.3 is 0 Å². The molecule has 5 heteroatoms. The highest BCUT2D eigenvalue weighted by molar-refractivity contribution is 6.22. The molecular weight excluding hydrogens is 256 g/mol. The first-order valence-electron chi connectivity index (χ1n) is 6.81. The van der Waals surface area contributed by atoms with E-state index in [1.807, 2.05) is 12.2 Å². The molecule has 1 saturated heterocycles. The summed E-state index contributed by atoms with van der Waals surface area (Å²) in [5, 5.41) is 0. The number of hydrogen-bond acceptors (Lipinski definition) is 3. The van der Waals surface area contributed by atoms with Gasteiger partial charge in [-0.3, -0.25) is 14.4 Å². The van der Waals surface area contributed by atoms with E-state index < -0.39 is 0 Å². The summed E-state index contributed by atoms with van der Waals surface area (Å²) in [6.07, 6.45) is 6.60. The zero-order valence-corrected chi connectivity index (χ0v) is 11.0. The Morgan fingerprint density at radius 3 is 2.25 bits per heavy atom. The van der Waals surface area contributed by atoms with Crippen LogP contribution >= 0.6 is 0 Å². The molecule has 0 spiro atoms. The van der Waals surface area contributed by atoms with Crippen LogP contribution in [0.3, 0.4) is 0 Å². The molecule has 2 bridgehead atoms. The Balaban J connectivity index is 1.82. The first kappa shape index (κ1) is 11.6. The quantitative estimate of drug-likeness (QED) is 0.557. The van der Waals surface area contributed by atoms with Crippen LogP contribution in [-0.2, 0) is 16.6 Å². The van der Waals surface area contributed by atoms with Crippen molar-refractivity contribution in [2.24, 2.45) is 30.7 Å². The largest absolute Gasteiger partial charge is 0.317 e. The summed E-state index contributed by atoms with van der Waals surface area (Å²) in [4.78, 5) is 38.4. The number of rotatable bonds is 1. The second kappa shape index (κ2) is 3.69. The van der Waals surface area contributed by atoms with E-state index in [0.717, 1.165) is 11.3 Å². The molecule has 4 atom stereocenters. The van der Waals surface area contributed by atoms with E-state index in [0.29, 0.717) is 0 Å². The van der Waals surface area contributed by atoms with Gasteiger partial charge in [0.05, 0.1) is 11.8 Å². The Labute approximate surface area is 115 Å². The summed E-state index contributed by atoms with van der Waals surface area (Å²) in [5.74, 6) is -0.608. The third-order valence-electron chi connectivity index (χ3n) is 4.81. The topological polar surface area (TPSA) is 59.4 Å². The molecule has 1 aromatic rings. The van der Waals surface area contributed by atoms with Gasteiger partial charge < -0.3 is 4.57 Å². The van der Waals surface area contributed by atoms with Gasteiger partial charge in [0.2, 0.25) is 11.8 Å². The Morgan fingerprint density at radius 2 is 1.65 bits per heavy atom. The molecule has 0 unspecified atom stereocenters. The van der Waals surface area contributed by atoms with Crippen molar-refractivity contribution in [2.45, 2.75) is 6.42 Å². The van der Waals surface area contributed by atoms with Crippen LogP contribution in [0.5, 0.6) is 0 Å². The SMILES string of the molecule is Cn1cccc(N2C(=O)[C@@H]3[C@H](C2=O)[C@@H]2C=C[C@H]3C2)c1=O. The van der Waals surface area contributed by atoms with E-state index in [4.69, 9.17) is 0 Å². The molecule has 0 radical (unpaired) electrons. The van der Waals surface area contributed by atoms with Crippen molar-refractivity contribution in [3.05, 3.63) is 40.8 Å². The minimum absolute atomic E-state index is 0.166. The fourth-order valence-corrected chi connectivity index (χ4v) is 3.89. The van der Waals surface area contributed by atoms with Gasteiger partial charge in [0.25, 0.3) is 5.56 Å². The minimum Gasteiger partial charge on any atom is -0.317 e. The number of nitrogens with zero attached hydrogens (tertiary/aromatic N) is 2. The normalized spacial score (nSPS) is 34.1. The molecule has 1 aliphatic heterocycles. The Bertz CT molecular complexity index is 688. The molecule has 1 aromatic heterocycles. The number of aryl methyl sites for hydroxylation is 1. The maximum Gasteiger partial charge on any atom is 0.274 e. The zero-order valence-electron chi connectivity index (χ0n) is 11.0. The van der Waals surface area contributed by atoms with Crippen LogP contribution in [0.15, 0.2) is 35.3 Å². The van der Waals surface area contributed by atoms with E-state index in [2.05, 4.69) is 0 Å². The smallest absolute Gasteiger partial charge is 0.274 e. The molecule has 102 valence electrons. The van der Waals surface area contributed by atoms with Crippen molar-refractivity contribution in [1.29, 1.82) is 0 Å². The number of imide groups is 1. The van der Waals surface area contributed by atoms with Crippen LogP contribution in [0.4, 0.5) is 5.69 Å². The average molecular weight is 270 g/mol. The summed E-state index contributed by atoms with van der Waals surface area (Å²) >= 11 is 0. The van der Waals surface area contributed by atoms with E-state index >= 15 is 0 Å². The molecular formula is C15H14N2O3. The predicted octanol–water partition coefficient (Wildman–Crippen LogP) is 0.697. The Morgan fingerprint density at radius 1 is 1.05 bits per heavy atom. The van der Waals surface area contributed by atoms with Crippen molar-refractivity contribution < 1.29 is 9.59 Å². The van der Waals surface area contributed by atoms with Crippen LogP contribution in [-0.4, -0.2) is 16.4 Å². The lowest BCUT2D eigenvalue weighted by Crippen LogP contribution is -2.37. The number of pyridine rings is 1. The third-order valence-corrected chi connectivity index (χ3v) is 4.81. The van der Waals surface area contributed by atoms with Crippen LogP contribution in [0, 0.1) is 23.7 Å². The lowest BCUT2D eigenvalue weighted by atomic mass is 9.85. The molecule has 5 nitrogen and oxygen atoms in total. The number of aromatic nitrogens is 1. The predicted molar refractivity (Wildman–Crippen MR) is 71.9 cm³/mol. The van der Waals surface area contributed by atoms with Crippen LogP contribution in [0.25, 0.3) is 0 Å². The van der Waals surface area contributed by atoms with Gasteiger partial charge in [-0.2, -0.15) is 0 Å². The van der Waals surface area contributed by atoms with Crippen molar-refractivity contribution in [3.63, 3.8) is 0 Å². The fourth-order valence-electron chi connectivity index (χ4n) is 3.89.